The summed E-state index contributed by atoms with van der Waals surface area (Å²) in [4.78, 5) is 23.4. The van der Waals surface area contributed by atoms with E-state index in [2.05, 4.69) is 40.0 Å². The van der Waals surface area contributed by atoms with Gasteiger partial charge in [-0.2, -0.15) is 5.10 Å². The van der Waals surface area contributed by atoms with E-state index in [1.54, 1.807) is 31.0 Å². The number of rotatable bonds is 7. The standard InChI is InChI=1S/C29H25FN8O/c30-19-11-18(12-20(13-19)39-10-9-38-7-1-2-8-38)28-21-15-25(35-23(21)3-4-33-28)29-22-14-24(27-16-31-5-6-32-27)34-17-26(22)36-37-29/h3-6,11-17,35H,1-2,7-10H2,(H,36,37). The second kappa shape index (κ2) is 9.88. The fourth-order valence-corrected chi connectivity index (χ4v) is 5.19. The summed E-state index contributed by atoms with van der Waals surface area (Å²) in [6.07, 6.45) is 10.9. The molecule has 0 aliphatic carbocycles. The van der Waals surface area contributed by atoms with Gasteiger partial charge in [-0.1, -0.05) is 0 Å². The Bertz CT molecular complexity index is 1780. The average molecular weight is 521 g/mol. The molecule has 6 aromatic rings. The zero-order valence-corrected chi connectivity index (χ0v) is 21.1. The Balaban J connectivity index is 1.23. The molecule has 2 N–H and O–H groups in total. The number of likely N-dealkylation sites (tertiary alicyclic amines) is 1. The van der Waals surface area contributed by atoms with Crippen molar-refractivity contribution < 1.29 is 9.13 Å². The smallest absolute Gasteiger partial charge is 0.127 e. The third-order valence-corrected chi connectivity index (χ3v) is 7.10. The van der Waals surface area contributed by atoms with Gasteiger partial charge in [0.05, 0.1) is 35.0 Å². The maximum atomic E-state index is 14.7. The maximum Gasteiger partial charge on any atom is 0.127 e. The number of benzene rings is 1. The summed E-state index contributed by atoms with van der Waals surface area (Å²) in [5.74, 6) is 0.140. The Hall–Kier alpha value is -4.70. The van der Waals surface area contributed by atoms with Crippen LogP contribution in [-0.2, 0) is 0 Å². The zero-order valence-electron chi connectivity index (χ0n) is 21.1. The molecule has 1 aliphatic rings. The summed E-state index contributed by atoms with van der Waals surface area (Å²) in [5.41, 5.74) is 5.92. The van der Waals surface area contributed by atoms with Gasteiger partial charge in [-0.05, 0) is 56.3 Å². The molecule has 0 atom stereocenters. The van der Waals surface area contributed by atoms with Crippen LogP contribution < -0.4 is 4.74 Å². The molecule has 5 aromatic heterocycles. The molecule has 1 aromatic carbocycles. The van der Waals surface area contributed by atoms with Crippen LogP contribution in [0, 0.1) is 5.82 Å². The highest BCUT2D eigenvalue weighted by atomic mass is 19.1. The number of aromatic amines is 2. The second-order valence-electron chi connectivity index (χ2n) is 9.65. The highest BCUT2D eigenvalue weighted by Crippen LogP contribution is 2.35. The molecule has 7 rings (SSSR count). The van der Waals surface area contributed by atoms with Crippen LogP contribution in [0.1, 0.15) is 12.8 Å². The first-order valence-electron chi connectivity index (χ1n) is 13.0. The van der Waals surface area contributed by atoms with Gasteiger partial charge < -0.3 is 9.72 Å². The van der Waals surface area contributed by atoms with Crippen molar-refractivity contribution in [2.75, 3.05) is 26.2 Å². The van der Waals surface area contributed by atoms with Gasteiger partial charge in [0.1, 0.15) is 29.6 Å². The third kappa shape index (κ3) is 4.59. The molecule has 39 heavy (non-hydrogen) atoms. The Morgan fingerprint density at radius 2 is 1.74 bits per heavy atom. The van der Waals surface area contributed by atoms with Crippen molar-refractivity contribution in [3.8, 4) is 39.8 Å². The minimum absolute atomic E-state index is 0.361. The number of hydrogen-bond donors (Lipinski definition) is 2. The van der Waals surface area contributed by atoms with Crippen LogP contribution in [0.4, 0.5) is 4.39 Å². The van der Waals surface area contributed by atoms with Crippen LogP contribution in [0.5, 0.6) is 5.75 Å². The predicted molar refractivity (Wildman–Crippen MR) is 147 cm³/mol. The van der Waals surface area contributed by atoms with E-state index in [0.717, 1.165) is 52.8 Å². The fraction of sp³-hybridized carbons (Fsp3) is 0.207. The summed E-state index contributed by atoms with van der Waals surface area (Å²) in [5, 5.41) is 9.37. The molecule has 1 aliphatic heterocycles. The molecule has 10 heteroatoms. The SMILES string of the molecule is Fc1cc(OCCN2CCCC2)cc(-c2nccc3[nH]c(-c4n[nH]c5cnc(-c6cnccn6)cc45)cc23)c1. The summed E-state index contributed by atoms with van der Waals surface area (Å²) < 4.78 is 20.6. The highest BCUT2D eigenvalue weighted by Gasteiger charge is 2.17. The molecule has 9 nitrogen and oxygen atoms in total. The summed E-state index contributed by atoms with van der Waals surface area (Å²) >= 11 is 0. The molecular formula is C29H25FN8O. The summed E-state index contributed by atoms with van der Waals surface area (Å²) in [7, 11) is 0. The van der Waals surface area contributed by atoms with Crippen molar-refractivity contribution in [3.05, 3.63) is 73.2 Å². The van der Waals surface area contributed by atoms with E-state index in [1.165, 1.54) is 25.0 Å². The van der Waals surface area contributed by atoms with Gasteiger partial charge in [0.2, 0.25) is 0 Å². The van der Waals surface area contributed by atoms with Gasteiger partial charge in [0, 0.05) is 53.1 Å². The first-order valence-corrected chi connectivity index (χ1v) is 13.0. The van der Waals surface area contributed by atoms with E-state index in [-0.39, 0.29) is 5.82 Å². The second-order valence-corrected chi connectivity index (χ2v) is 9.65. The van der Waals surface area contributed by atoms with Gasteiger partial charge in [-0.25, -0.2) is 4.39 Å². The molecule has 0 unspecified atom stereocenters. The minimum Gasteiger partial charge on any atom is -0.492 e. The largest absolute Gasteiger partial charge is 0.492 e. The van der Waals surface area contributed by atoms with Crippen LogP contribution in [0.3, 0.4) is 0 Å². The molecule has 194 valence electrons. The lowest BCUT2D eigenvalue weighted by Crippen LogP contribution is -2.25. The molecule has 0 amide bonds. The van der Waals surface area contributed by atoms with Crippen molar-refractivity contribution >= 4 is 21.8 Å². The fourth-order valence-electron chi connectivity index (χ4n) is 5.19. The number of fused-ring (bicyclic) bond motifs is 2. The predicted octanol–water partition coefficient (Wildman–Crippen LogP) is 5.24. The maximum absolute atomic E-state index is 14.7. The lowest BCUT2D eigenvalue weighted by Gasteiger charge is -2.15. The number of pyridine rings is 2. The summed E-state index contributed by atoms with van der Waals surface area (Å²) in [6.45, 7) is 3.56. The Kier molecular flexibility index (Phi) is 5.93. The average Bonchev–Trinajstić information content (AvgIpc) is 3.72. The molecule has 0 radical (unpaired) electrons. The van der Waals surface area contributed by atoms with Gasteiger partial charge in [-0.3, -0.25) is 29.9 Å². The number of ether oxygens (including phenoxy) is 1. The lowest BCUT2D eigenvalue weighted by molar-refractivity contribution is 0.237. The summed E-state index contributed by atoms with van der Waals surface area (Å²) in [6, 6.07) is 10.6. The Labute approximate surface area is 223 Å². The van der Waals surface area contributed by atoms with E-state index < -0.39 is 0 Å². The van der Waals surface area contributed by atoms with E-state index in [0.29, 0.717) is 35.0 Å². The molecule has 0 bridgehead atoms. The van der Waals surface area contributed by atoms with E-state index in [4.69, 9.17) is 4.74 Å². The van der Waals surface area contributed by atoms with Crippen molar-refractivity contribution in [2.24, 2.45) is 0 Å². The Morgan fingerprint density at radius 3 is 2.62 bits per heavy atom. The normalized spacial score (nSPS) is 14.0. The van der Waals surface area contributed by atoms with E-state index >= 15 is 0 Å². The van der Waals surface area contributed by atoms with Crippen LogP contribution in [0.25, 0.3) is 55.8 Å². The Morgan fingerprint density at radius 1 is 0.846 bits per heavy atom. The molecule has 6 heterocycles. The molecule has 0 spiro atoms. The molecular weight excluding hydrogens is 495 g/mol. The molecule has 0 saturated carbocycles. The third-order valence-electron chi connectivity index (χ3n) is 7.10. The van der Waals surface area contributed by atoms with Crippen LogP contribution in [0.2, 0.25) is 0 Å². The van der Waals surface area contributed by atoms with Crippen LogP contribution in [-0.4, -0.2) is 66.3 Å². The monoisotopic (exact) mass is 520 g/mol. The first kappa shape index (κ1) is 23.4. The topological polar surface area (TPSA) is 108 Å². The number of hydrogen-bond acceptors (Lipinski definition) is 7. The highest BCUT2D eigenvalue weighted by molar-refractivity contribution is 6.00. The van der Waals surface area contributed by atoms with Gasteiger partial charge in [-0.15, -0.1) is 0 Å². The van der Waals surface area contributed by atoms with Gasteiger partial charge >= 0.3 is 0 Å². The van der Waals surface area contributed by atoms with Crippen molar-refractivity contribution in [3.63, 3.8) is 0 Å². The number of aromatic nitrogens is 7. The van der Waals surface area contributed by atoms with E-state index in [1.807, 2.05) is 24.3 Å². The van der Waals surface area contributed by atoms with E-state index in [9.17, 15) is 4.39 Å². The number of H-pyrrole nitrogens is 2. The number of nitrogens with zero attached hydrogens (tertiary/aromatic N) is 6. The van der Waals surface area contributed by atoms with Crippen molar-refractivity contribution in [1.29, 1.82) is 0 Å². The van der Waals surface area contributed by atoms with Crippen LogP contribution >= 0.6 is 0 Å². The van der Waals surface area contributed by atoms with Crippen molar-refractivity contribution in [1.82, 2.24) is 40.0 Å². The first-order chi connectivity index (χ1) is 19.2. The lowest BCUT2D eigenvalue weighted by atomic mass is 10.1. The zero-order chi connectivity index (χ0) is 26.2. The molecule has 1 fully saturated rings. The minimum atomic E-state index is -0.361. The van der Waals surface area contributed by atoms with Crippen LogP contribution in [0.15, 0.2) is 67.4 Å². The molecule has 1 saturated heterocycles. The van der Waals surface area contributed by atoms with Gasteiger partial charge in [0.25, 0.3) is 0 Å². The quantitative estimate of drug-likeness (QED) is 0.296. The van der Waals surface area contributed by atoms with Crippen molar-refractivity contribution in [2.45, 2.75) is 12.8 Å². The number of nitrogens with one attached hydrogen (secondary N) is 2. The number of halogens is 1. The van der Waals surface area contributed by atoms with Gasteiger partial charge in [0.15, 0.2) is 0 Å².